The predicted octanol–water partition coefficient (Wildman–Crippen LogP) is 1.74. The molecule has 1 atom stereocenters. The summed E-state index contributed by atoms with van der Waals surface area (Å²) in [6.07, 6.45) is 1.81. The minimum atomic E-state index is -0.830. The Labute approximate surface area is 101 Å². The number of aliphatic carboxylic acids is 1. The maximum Gasteiger partial charge on any atom is 0.410 e. The molecular weight excluding hydrogens is 222 g/mol. The summed E-state index contributed by atoms with van der Waals surface area (Å²) in [5.41, 5.74) is -0.812. The third-order valence-electron chi connectivity index (χ3n) is 3.34. The van der Waals surface area contributed by atoms with Gasteiger partial charge in [0.15, 0.2) is 0 Å². The Morgan fingerprint density at radius 3 is 2.76 bits per heavy atom. The zero-order chi connectivity index (χ0) is 13.1. The van der Waals surface area contributed by atoms with Crippen LogP contribution in [0.15, 0.2) is 12.7 Å². The number of carbonyl (C=O) groups excluding carboxylic acids is 1. The third-order valence-corrected chi connectivity index (χ3v) is 3.34. The van der Waals surface area contributed by atoms with E-state index < -0.39 is 17.5 Å². The topological polar surface area (TPSA) is 66.8 Å². The van der Waals surface area contributed by atoms with Crippen LogP contribution in [0.5, 0.6) is 0 Å². The van der Waals surface area contributed by atoms with Gasteiger partial charge in [-0.05, 0) is 26.2 Å². The second kappa shape index (κ2) is 5.21. The van der Waals surface area contributed by atoms with E-state index in [9.17, 15) is 9.59 Å². The summed E-state index contributed by atoms with van der Waals surface area (Å²) in [5.74, 6) is -0.861. The van der Waals surface area contributed by atoms with Crippen LogP contribution in [0.3, 0.4) is 0 Å². The average molecular weight is 241 g/mol. The summed E-state index contributed by atoms with van der Waals surface area (Å²) in [4.78, 5) is 24.2. The molecule has 0 bridgehead atoms. The number of ether oxygens (including phenoxy) is 1. The van der Waals surface area contributed by atoms with Crippen molar-refractivity contribution in [3.8, 4) is 0 Å². The molecular formula is C12H19NO4. The first-order valence-electron chi connectivity index (χ1n) is 5.65. The van der Waals surface area contributed by atoms with Crippen molar-refractivity contribution in [1.29, 1.82) is 0 Å². The average Bonchev–Trinajstić information content (AvgIpc) is 2.75. The van der Waals surface area contributed by atoms with Crippen molar-refractivity contribution in [1.82, 2.24) is 4.90 Å². The summed E-state index contributed by atoms with van der Waals surface area (Å²) in [6, 6.07) is 0. The van der Waals surface area contributed by atoms with Gasteiger partial charge < -0.3 is 14.7 Å². The van der Waals surface area contributed by atoms with E-state index in [0.29, 0.717) is 19.5 Å². The summed E-state index contributed by atoms with van der Waals surface area (Å²) in [7, 11) is 0. The second-order valence-electron chi connectivity index (χ2n) is 4.82. The van der Waals surface area contributed by atoms with Crippen LogP contribution in [0.2, 0.25) is 0 Å². The number of hydrogen-bond acceptors (Lipinski definition) is 3. The van der Waals surface area contributed by atoms with E-state index in [0.717, 1.165) is 0 Å². The van der Waals surface area contributed by atoms with Crippen LogP contribution in [0.4, 0.5) is 4.79 Å². The Balaban J connectivity index is 2.55. The molecule has 5 nitrogen and oxygen atoms in total. The number of nitrogens with zero attached hydrogens (tertiary/aromatic N) is 1. The molecule has 0 aromatic rings. The number of carboxylic acids is 1. The van der Waals surface area contributed by atoms with Crippen molar-refractivity contribution in [2.45, 2.75) is 20.3 Å². The lowest BCUT2D eigenvalue weighted by Gasteiger charge is -2.26. The molecule has 17 heavy (non-hydrogen) atoms. The number of rotatable bonds is 4. The van der Waals surface area contributed by atoms with E-state index in [1.807, 2.05) is 0 Å². The van der Waals surface area contributed by atoms with Crippen LogP contribution in [-0.2, 0) is 9.53 Å². The van der Waals surface area contributed by atoms with Crippen LogP contribution >= 0.6 is 0 Å². The van der Waals surface area contributed by atoms with E-state index in [1.165, 1.54) is 6.08 Å². The molecule has 0 aromatic carbocycles. The van der Waals surface area contributed by atoms with Crippen molar-refractivity contribution in [2.75, 3.05) is 19.7 Å². The zero-order valence-corrected chi connectivity index (χ0v) is 10.3. The Kier molecular flexibility index (Phi) is 4.15. The van der Waals surface area contributed by atoms with E-state index in [1.54, 1.807) is 18.7 Å². The van der Waals surface area contributed by atoms with Crippen molar-refractivity contribution in [3.05, 3.63) is 12.7 Å². The van der Waals surface area contributed by atoms with Crippen LogP contribution in [0, 0.1) is 11.3 Å². The fraction of sp³-hybridized carbons (Fsp3) is 0.667. The highest BCUT2D eigenvalue weighted by Crippen LogP contribution is 2.34. The highest BCUT2D eigenvalue weighted by molar-refractivity contribution is 5.74. The maximum absolute atomic E-state index is 11.6. The molecule has 1 unspecified atom stereocenters. The lowest BCUT2D eigenvalue weighted by molar-refractivity contribution is -0.149. The lowest BCUT2D eigenvalue weighted by Crippen LogP contribution is -2.36. The highest BCUT2D eigenvalue weighted by atomic mass is 16.6. The highest BCUT2D eigenvalue weighted by Gasteiger charge is 2.42. The van der Waals surface area contributed by atoms with Gasteiger partial charge in [-0.3, -0.25) is 4.79 Å². The van der Waals surface area contributed by atoms with Crippen LogP contribution < -0.4 is 0 Å². The molecule has 1 amide bonds. The van der Waals surface area contributed by atoms with Gasteiger partial charge in [0, 0.05) is 13.1 Å². The molecule has 0 aliphatic carbocycles. The van der Waals surface area contributed by atoms with Crippen molar-refractivity contribution < 1.29 is 19.4 Å². The summed E-state index contributed by atoms with van der Waals surface area (Å²) < 4.78 is 4.92. The fourth-order valence-corrected chi connectivity index (χ4v) is 1.91. The quantitative estimate of drug-likeness (QED) is 0.761. The molecule has 0 aromatic heterocycles. The SMILES string of the molecule is C=CCOC(=O)N1CCC(C(C)(C)C(=O)O)C1. The number of carboxylic acid groups (broad SMARTS) is 1. The largest absolute Gasteiger partial charge is 0.481 e. The number of hydrogen-bond donors (Lipinski definition) is 1. The van der Waals surface area contributed by atoms with Gasteiger partial charge in [0.2, 0.25) is 0 Å². The van der Waals surface area contributed by atoms with Crippen molar-refractivity contribution >= 4 is 12.1 Å². The van der Waals surface area contributed by atoms with Gasteiger partial charge in [-0.2, -0.15) is 0 Å². The molecule has 0 radical (unpaired) electrons. The predicted molar refractivity (Wildman–Crippen MR) is 62.6 cm³/mol. The number of carbonyl (C=O) groups is 2. The molecule has 1 heterocycles. The molecule has 1 N–H and O–H groups in total. The van der Waals surface area contributed by atoms with Gasteiger partial charge in [0.1, 0.15) is 6.61 Å². The third kappa shape index (κ3) is 2.99. The standard InChI is InChI=1S/C12H19NO4/c1-4-7-17-11(16)13-6-5-9(8-13)12(2,3)10(14)15/h4,9H,1,5-8H2,2-3H3,(H,14,15). The summed E-state index contributed by atoms with van der Waals surface area (Å²) >= 11 is 0. The smallest absolute Gasteiger partial charge is 0.410 e. The van der Waals surface area contributed by atoms with E-state index in [-0.39, 0.29) is 12.5 Å². The molecule has 5 heteroatoms. The first-order valence-corrected chi connectivity index (χ1v) is 5.65. The van der Waals surface area contributed by atoms with Gasteiger partial charge >= 0.3 is 12.1 Å². The molecule has 1 saturated heterocycles. The molecule has 0 saturated carbocycles. The summed E-state index contributed by atoms with van der Waals surface area (Å²) in [5, 5.41) is 9.12. The second-order valence-corrected chi connectivity index (χ2v) is 4.82. The molecule has 96 valence electrons. The lowest BCUT2D eigenvalue weighted by atomic mass is 9.78. The van der Waals surface area contributed by atoms with Gasteiger partial charge in [-0.15, -0.1) is 0 Å². The van der Waals surface area contributed by atoms with Crippen molar-refractivity contribution in [2.24, 2.45) is 11.3 Å². The minimum Gasteiger partial charge on any atom is -0.481 e. The Morgan fingerprint density at radius 1 is 1.59 bits per heavy atom. The first kappa shape index (κ1) is 13.5. The molecule has 1 fully saturated rings. The molecule has 1 aliphatic heterocycles. The van der Waals surface area contributed by atoms with Crippen LogP contribution in [-0.4, -0.2) is 41.8 Å². The first-order chi connectivity index (χ1) is 7.89. The molecule has 1 rings (SSSR count). The Morgan fingerprint density at radius 2 is 2.24 bits per heavy atom. The van der Waals surface area contributed by atoms with E-state index in [4.69, 9.17) is 9.84 Å². The zero-order valence-electron chi connectivity index (χ0n) is 10.3. The normalized spacial score (nSPS) is 20.1. The van der Waals surface area contributed by atoms with E-state index >= 15 is 0 Å². The minimum absolute atomic E-state index is 0.0312. The Hall–Kier alpha value is -1.52. The monoisotopic (exact) mass is 241 g/mol. The Bertz CT molecular complexity index is 324. The van der Waals surface area contributed by atoms with Crippen LogP contribution in [0.1, 0.15) is 20.3 Å². The van der Waals surface area contributed by atoms with Gasteiger partial charge in [0.05, 0.1) is 5.41 Å². The van der Waals surface area contributed by atoms with Gasteiger partial charge in [0.25, 0.3) is 0 Å². The van der Waals surface area contributed by atoms with Crippen LogP contribution in [0.25, 0.3) is 0 Å². The van der Waals surface area contributed by atoms with Gasteiger partial charge in [-0.25, -0.2) is 4.79 Å². The number of amides is 1. The van der Waals surface area contributed by atoms with Crippen molar-refractivity contribution in [3.63, 3.8) is 0 Å². The molecule has 1 aliphatic rings. The van der Waals surface area contributed by atoms with Gasteiger partial charge in [-0.1, -0.05) is 12.7 Å². The van der Waals surface area contributed by atoms with E-state index in [2.05, 4.69) is 6.58 Å². The molecule has 0 spiro atoms. The summed E-state index contributed by atoms with van der Waals surface area (Å²) in [6.45, 7) is 8.02. The maximum atomic E-state index is 11.6. The fourth-order valence-electron chi connectivity index (χ4n) is 1.91. The number of likely N-dealkylation sites (tertiary alicyclic amines) is 1.